The van der Waals surface area contributed by atoms with Crippen LogP contribution in [0, 0.1) is 0 Å². The van der Waals surface area contributed by atoms with Crippen molar-refractivity contribution in [2.24, 2.45) is 0 Å². The van der Waals surface area contributed by atoms with Crippen LogP contribution in [0.5, 0.6) is 5.75 Å². The molecule has 0 N–H and O–H groups in total. The van der Waals surface area contributed by atoms with Gasteiger partial charge in [-0.2, -0.15) is 0 Å². The molecular formula is C15H16Cl2O3S. The number of hydrogen-bond acceptors (Lipinski definition) is 4. The Labute approximate surface area is 137 Å². The second-order valence-electron chi connectivity index (χ2n) is 4.82. The summed E-state index contributed by atoms with van der Waals surface area (Å²) in [4.78, 5) is 12.6. The number of thiophene rings is 1. The van der Waals surface area contributed by atoms with Gasteiger partial charge in [0.2, 0.25) is 0 Å². The fraction of sp³-hybridized carbons (Fsp3) is 0.400. The van der Waals surface area contributed by atoms with E-state index in [2.05, 4.69) is 19.9 Å². The van der Waals surface area contributed by atoms with Crippen LogP contribution in [0.2, 0.25) is 10.0 Å². The quantitative estimate of drug-likeness (QED) is 0.691. The molecule has 2 rings (SSSR count). The molecule has 0 fully saturated rings. The van der Waals surface area contributed by atoms with E-state index >= 15 is 0 Å². The number of fused-ring (bicyclic) bond motifs is 1. The van der Waals surface area contributed by atoms with E-state index < -0.39 is 5.97 Å². The lowest BCUT2D eigenvalue weighted by molar-refractivity contribution is -0.145. The average Bonchev–Trinajstić information content (AvgIpc) is 2.86. The molecule has 0 saturated carbocycles. The predicted molar refractivity (Wildman–Crippen MR) is 88.1 cm³/mol. The molecule has 0 aliphatic rings. The zero-order valence-corrected chi connectivity index (χ0v) is 14.4. The summed E-state index contributed by atoms with van der Waals surface area (Å²) in [7, 11) is 0. The zero-order chi connectivity index (χ0) is 15.6. The fourth-order valence-electron chi connectivity index (χ4n) is 1.85. The van der Waals surface area contributed by atoms with Crippen molar-refractivity contribution in [2.75, 3.05) is 13.2 Å². The third-order valence-corrected chi connectivity index (χ3v) is 5.33. The molecule has 0 aliphatic heterocycles. The number of esters is 1. The molecule has 0 unspecified atom stereocenters. The topological polar surface area (TPSA) is 35.5 Å². The summed E-state index contributed by atoms with van der Waals surface area (Å²) in [5.74, 6) is 0.384. The molecule has 0 saturated heterocycles. The van der Waals surface area contributed by atoms with Crippen molar-refractivity contribution in [3.05, 3.63) is 27.1 Å². The molecule has 0 atom stereocenters. The lowest BCUT2D eigenvalue weighted by atomic mass is 10.1. The third-order valence-electron chi connectivity index (χ3n) is 2.89. The maximum absolute atomic E-state index is 11.3. The smallest absolute Gasteiger partial charge is 0.344 e. The van der Waals surface area contributed by atoms with Crippen LogP contribution in [0.3, 0.4) is 0 Å². The highest BCUT2D eigenvalue weighted by Gasteiger charge is 2.16. The lowest BCUT2D eigenvalue weighted by Gasteiger charge is -2.09. The minimum Gasteiger partial charge on any atom is -0.480 e. The minimum absolute atomic E-state index is 0.184. The van der Waals surface area contributed by atoms with Gasteiger partial charge in [-0.25, -0.2) is 4.79 Å². The van der Waals surface area contributed by atoms with Gasteiger partial charge in [-0.1, -0.05) is 37.0 Å². The summed E-state index contributed by atoms with van der Waals surface area (Å²) in [6.07, 6.45) is 0. The Morgan fingerprint density at radius 2 is 2.00 bits per heavy atom. The van der Waals surface area contributed by atoms with E-state index in [0.717, 1.165) is 10.1 Å². The Bertz CT molecular complexity index is 664. The largest absolute Gasteiger partial charge is 0.480 e. The second kappa shape index (κ2) is 6.86. The Hall–Kier alpha value is -0.970. The Kier molecular flexibility index (Phi) is 5.36. The fourth-order valence-corrected chi connectivity index (χ4v) is 3.51. The lowest BCUT2D eigenvalue weighted by Crippen LogP contribution is -2.14. The number of carbonyl (C=O) groups excluding carboxylic acids is 1. The van der Waals surface area contributed by atoms with Gasteiger partial charge < -0.3 is 9.47 Å². The van der Waals surface area contributed by atoms with Gasteiger partial charge in [0.15, 0.2) is 6.61 Å². The van der Waals surface area contributed by atoms with Crippen LogP contribution in [0.15, 0.2) is 12.1 Å². The van der Waals surface area contributed by atoms with Crippen molar-refractivity contribution in [3.63, 3.8) is 0 Å². The van der Waals surface area contributed by atoms with E-state index in [1.54, 1.807) is 18.3 Å². The van der Waals surface area contributed by atoms with Gasteiger partial charge in [-0.15, -0.1) is 11.3 Å². The number of benzene rings is 1. The summed E-state index contributed by atoms with van der Waals surface area (Å²) in [5, 5.41) is 1.76. The molecule has 2 aromatic rings. The van der Waals surface area contributed by atoms with Crippen LogP contribution in [-0.4, -0.2) is 19.2 Å². The SMILES string of the molecule is CCOC(=O)COc1cc2cc(C(C)C)sc2c(Cl)c1Cl. The molecule has 114 valence electrons. The summed E-state index contributed by atoms with van der Waals surface area (Å²) < 4.78 is 11.2. The van der Waals surface area contributed by atoms with Crippen molar-refractivity contribution >= 4 is 50.6 Å². The molecule has 0 radical (unpaired) electrons. The van der Waals surface area contributed by atoms with Crippen LogP contribution < -0.4 is 4.74 Å². The maximum Gasteiger partial charge on any atom is 0.344 e. The summed E-state index contributed by atoms with van der Waals surface area (Å²) >= 11 is 14.2. The molecular weight excluding hydrogens is 331 g/mol. The molecule has 1 aromatic heterocycles. The Morgan fingerprint density at radius 3 is 2.62 bits per heavy atom. The molecule has 0 spiro atoms. The minimum atomic E-state index is -0.432. The number of rotatable bonds is 5. The monoisotopic (exact) mass is 346 g/mol. The van der Waals surface area contributed by atoms with Gasteiger partial charge in [0, 0.05) is 4.88 Å². The first kappa shape index (κ1) is 16.4. The molecule has 1 aromatic carbocycles. The summed E-state index contributed by atoms with van der Waals surface area (Å²) in [6.45, 7) is 6.12. The van der Waals surface area contributed by atoms with Crippen molar-refractivity contribution in [3.8, 4) is 5.75 Å². The van der Waals surface area contributed by atoms with E-state index in [1.807, 2.05) is 6.07 Å². The molecule has 0 bridgehead atoms. The van der Waals surface area contributed by atoms with Gasteiger partial charge in [0.1, 0.15) is 10.8 Å². The van der Waals surface area contributed by atoms with Crippen molar-refractivity contribution in [1.82, 2.24) is 0 Å². The molecule has 1 heterocycles. The maximum atomic E-state index is 11.3. The summed E-state index contributed by atoms with van der Waals surface area (Å²) in [6, 6.07) is 3.88. The van der Waals surface area contributed by atoms with E-state index in [1.165, 1.54) is 4.88 Å². The first-order valence-electron chi connectivity index (χ1n) is 6.63. The van der Waals surface area contributed by atoms with Gasteiger partial charge in [-0.3, -0.25) is 0 Å². The van der Waals surface area contributed by atoms with Gasteiger partial charge >= 0.3 is 5.97 Å². The van der Waals surface area contributed by atoms with Crippen LogP contribution in [-0.2, 0) is 9.53 Å². The van der Waals surface area contributed by atoms with E-state index in [4.69, 9.17) is 32.7 Å². The highest BCUT2D eigenvalue weighted by molar-refractivity contribution is 7.19. The van der Waals surface area contributed by atoms with Crippen LogP contribution >= 0.6 is 34.5 Å². The van der Waals surface area contributed by atoms with Crippen LogP contribution in [0.25, 0.3) is 10.1 Å². The van der Waals surface area contributed by atoms with Gasteiger partial charge in [0.25, 0.3) is 0 Å². The van der Waals surface area contributed by atoms with E-state index in [0.29, 0.717) is 28.3 Å². The molecule has 0 amide bonds. The van der Waals surface area contributed by atoms with Crippen molar-refractivity contribution in [2.45, 2.75) is 26.7 Å². The molecule has 21 heavy (non-hydrogen) atoms. The van der Waals surface area contributed by atoms with Gasteiger partial charge in [0.05, 0.1) is 16.3 Å². The first-order chi connectivity index (χ1) is 9.93. The van der Waals surface area contributed by atoms with E-state index in [9.17, 15) is 4.79 Å². The highest BCUT2D eigenvalue weighted by atomic mass is 35.5. The number of carbonyl (C=O) groups is 1. The first-order valence-corrected chi connectivity index (χ1v) is 8.21. The number of hydrogen-bond donors (Lipinski definition) is 0. The molecule has 3 nitrogen and oxygen atoms in total. The van der Waals surface area contributed by atoms with Crippen LogP contribution in [0.1, 0.15) is 31.6 Å². The van der Waals surface area contributed by atoms with Crippen molar-refractivity contribution in [1.29, 1.82) is 0 Å². The Morgan fingerprint density at radius 1 is 1.29 bits per heavy atom. The van der Waals surface area contributed by atoms with E-state index in [-0.39, 0.29) is 6.61 Å². The second-order valence-corrected chi connectivity index (χ2v) is 6.66. The Balaban J connectivity index is 2.32. The predicted octanol–water partition coefficient (Wildman–Crippen LogP) is 5.27. The zero-order valence-electron chi connectivity index (χ0n) is 12.0. The van der Waals surface area contributed by atoms with Crippen LogP contribution in [0.4, 0.5) is 0 Å². The van der Waals surface area contributed by atoms with Gasteiger partial charge in [-0.05, 0) is 30.4 Å². The standard InChI is InChI=1S/C15H16Cl2O3S/c1-4-19-12(18)7-20-10-5-9-6-11(8(2)3)21-15(9)14(17)13(10)16/h5-6,8H,4,7H2,1-3H3. The van der Waals surface area contributed by atoms with Crippen molar-refractivity contribution < 1.29 is 14.3 Å². The number of halogens is 2. The average molecular weight is 347 g/mol. The number of ether oxygens (including phenoxy) is 2. The molecule has 0 aliphatic carbocycles. The highest BCUT2D eigenvalue weighted by Crippen LogP contribution is 2.43. The molecule has 6 heteroatoms. The third kappa shape index (κ3) is 3.62. The summed E-state index contributed by atoms with van der Waals surface area (Å²) in [5.41, 5.74) is 0. The normalized spacial score (nSPS) is 11.1.